The number of anilines is 1. The van der Waals surface area contributed by atoms with Crippen LogP contribution in [0.1, 0.15) is 25.2 Å². The van der Waals surface area contributed by atoms with E-state index in [0.717, 1.165) is 46.6 Å². The number of nitrogens with two attached hydrogens (primary N) is 1. The molecule has 4 rings (SSSR count). The van der Waals surface area contributed by atoms with E-state index in [2.05, 4.69) is 47.8 Å². The third-order valence-electron chi connectivity index (χ3n) is 4.92. The molecule has 0 saturated carbocycles. The first-order valence-electron chi connectivity index (χ1n) is 9.35. The summed E-state index contributed by atoms with van der Waals surface area (Å²) in [6.45, 7) is 8.68. The van der Waals surface area contributed by atoms with Crippen molar-refractivity contribution in [2.45, 2.75) is 39.5 Å². The number of hydrogen-bond acceptors (Lipinski definition) is 6. The van der Waals surface area contributed by atoms with Crippen LogP contribution < -0.4 is 5.73 Å². The highest BCUT2D eigenvalue weighted by Gasteiger charge is 2.23. The minimum atomic E-state index is 0.213. The summed E-state index contributed by atoms with van der Waals surface area (Å²) < 4.78 is 5.81. The lowest BCUT2D eigenvalue weighted by atomic mass is 10.0. The molecular formula is C21H25N5O. The van der Waals surface area contributed by atoms with E-state index >= 15 is 0 Å². The second kappa shape index (κ2) is 7.21. The van der Waals surface area contributed by atoms with E-state index in [9.17, 15) is 0 Å². The fraction of sp³-hybridized carbons (Fsp3) is 0.381. The van der Waals surface area contributed by atoms with Gasteiger partial charge in [0.25, 0.3) is 0 Å². The van der Waals surface area contributed by atoms with Crippen LogP contribution in [0.5, 0.6) is 0 Å². The molecule has 2 N–H and O–H groups in total. The molecule has 0 spiro atoms. The molecule has 2 atom stereocenters. The van der Waals surface area contributed by atoms with Gasteiger partial charge in [-0.2, -0.15) is 0 Å². The fourth-order valence-corrected chi connectivity index (χ4v) is 3.82. The highest BCUT2D eigenvalue weighted by atomic mass is 16.5. The largest absolute Gasteiger partial charge is 0.383 e. The Morgan fingerprint density at radius 3 is 2.67 bits per heavy atom. The Morgan fingerprint density at radius 2 is 1.93 bits per heavy atom. The van der Waals surface area contributed by atoms with Gasteiger partial charge in [0.1, 0.15) is 11.6 Å². The van der Waals surface area contributed by atoms with Gasteiger partial charge >= 0.3 is 0 Å². The van der Waals surface area contributed by atoms with Crippen LogP contribution >= 0.6 is 0 Å². The molecule has 1 aliphatic heterocycles. The summed E-state index contributed by atoms with van der Waals surface area (Å²) in [6, 6.07) is 10.1. The summed E-state index contributed by atoms with van der Waals surface area (Å²) in [5.74, 6) is 1.27. The van der Waals surface area contributed by atoms with Crippen LogP contribution in [0.3, 0.4) is 0 Å². The van der Waals surface area contributed by atoms with Crippen LogP contribution in [0, 0.1) is 6.92 Å². The monoisotopic (exact) mass is 363 g/mol. The number of nitrogens with zero attached hydrogens (tertiary/aromatic N) is 4. The van der Waals surface area contributed by atoms with Gasteiger partial charge in [-0.3, -0.25) is 9.88 Å². The summed E-state index contributed by atoms with van der Waals surface area (Å²) in [7, 11) is 0. The van der Waals surface area contributed by atoms with Crippen molar-refractivity contribution in [2.24, 2.45) is 0 Å². The zero-order valence-corrected chi connectivity index (χ0v) is 16.0. The zero-order chi connectivity index (χ0) is 19.0. The lowest BCUT2D eigenvalue weighted by molar-refractivity contribution is -0.0710. The minimum absolute atomic E-state index is 0.213. The smallest absolute Gasteiger partial charge is 0.145 e. The van der Waals surface area contributed by atoms with Gasteiger partial charge in [-0.05, 0) is 44.5 Å². The average molecular weight is 363 g/mol. The number of fused-ring (bicyclic) bond motifs is 1. The third-order valence-corrected chi connectivity index (χ3v) is 4.92. The SMILES string of the molecule is Cc1cccnc1-c1ccc2c(N)nc(CN3CC(C)OC(C)C3)nc2c1. The van der Waals surface area contributed by atoms with Gasteiger partial charge in [-0.1, -0.05) is 12.1 Å². The van der Waals surface area contributed by atoms with Gasteiger partial charge in [0.15, 0.2) is 0 Å². The van der Waals surface area contributed by atoms with Crippen molar-refractivity contribution in [1.29, 1.82) is 0 Å². The van der Waals surface area contributed by atoms with Crippen LogP contribution in [0.2, 0.25) is 0 Å². The number of hydrogen-bond donors (Lipinski definition) is 1. The topological polar surface area (TPSA) is 77.2 Å². The molecule has 0 amide bonds. The van der Waals surface area contributed by atoms with Gasteiger partial charge in [-0.15, -0.1) is 0 Å². The zero-order valence-electron chi connectivity index (χ0n) is 16.0. The maximum absolute atomic E-state index is 6.23. The molecule has 6 heteroatoms. The van der Waals surface area contributed by atoms with Crippen LogP contribution in [0.4, 0.5) is 5.82 Å². The van der Waals surface area contributed by atoms with E-state index in [4.69, 9.17) is 15.5 Å². The van der Waals surface area contributed by atoms with Crippen LogP contribution in [-0.4, -0.2) is 45.1 Å². The van der Waals surface area contributed by atoms with E-state index in [1.54, 1.807) is 0 Å². The number of benzene rings is 1. The van der Waals surface area contributed by atoms with Crippen molar-refractivity contribution >= 4 is 16.7 Å². The van der Waals surface area contributed by atoms with Gasteiger partial charge < -0.3 is 10.5 Å². The molecule has 1 aliphatic rings. The Bertz CT molecular complexity index is 964. The first kappa shape index (κ1) is 17.8. The molecule has 1 fully saturated rings. The first-order chi connectivity index (χ1) is 13.0. The predicted molar refractivity (Wildman–Crippen MR) is 107 cm³/mol. The van der Waals surface area contributed by atoms with E-state index < -0.39 is 0 Å². The Balaban J connectivity index is 1.68. The summed E-state index contributed by atoms with van der Waals surface area (Å²) in [5.41, 5.74) is 10.2. The van der Waals surface area contributed by atoms with E-state index in [1.165, 1.54) is 0 Å². The molecule has 27 heavy (non-hydrogen) atoms. The number of morpholine rings is 1. The molecule has 1 aromatic carbocycles. The lowest BCUT2D eigenvalue weighted by Gasteiger charge is -2.34. The molecule has 3 aromatic rings. The van der Waals surface area contributed by atoms with Crippen molar-refractivity contribution in [2.75, 3.05) is 18.8 Å². The first-order valence-corrected chi connectivity index (χ1v) is 9.35. The standard InChI is InChI=1S/C21H25N5O/c1-13-5-4-8-23-20(13)16-6-7-17-18(9-16)24-19(25-21(17)22)12-26-10-14(2)27-15(3)11-26/h4-9,14-15H,10-12H2,1-3H3,(H2,22,24,25). The summed E-state index contributed by atoms with van der Waals surface area (Å²) in [4.78, 5) is 16.2. The third kappa shape index (κ3) is 3.77. The Hall–Kier alpha value is -2.57. The molecule has 1 saturated heterocycles. The van der Waals surface area contributed by atoms with Crippen molar-refractivity contribution < 1.29 is 4.74 Å². The summed E-state index contributed by atoms with van der Waals surface area (Å²) in [5, 5.41) is 0.875. The molecular weight excluding hydrogens is 338 g/mol. The average Bonchev–Trinajstić information content (AvgIpc) is 2.61. The Kier molecular flexibility index (Phi) is 4.76. The number of aromatic nitrogens is 3. The van der Waals surface area contributed by atoms with Crippen molar-refractivity contribution in [1.82, 2.24) is 19.9 Å². The molecule has 140 valence electrons. The van der Waals surface area contributed by atoms with Crippen LogP contribution in [-0.2, 0) is 11.3 Å². The highest BCUT2D eigenvalue weighted by molar-refractivity contribution is 5.91. The van der Waals surface area contributed by atoms with Crippen molar-refractivity contribution in [3.63, 3.8) is 0 Å². The quantitative estimate of drug-likeness (QED) is 0.770. The molecule has 3 heterocycles. The predicted octanol–water partition coefficient (Wildman–Crippen LogP) is 3.19. The summed E-state index contributed by atoms with van der Waals surface area (Å²) >= 11 is 0. The van der Waals surface area contributed by atoms with Crippen molar-refractivity contribution in [3.05, 3.63) is 47.9 Å². The number of aryl methyl sites for hydroxylation is 1. The maximum atomic E-state index is 6.23. The van der Waals surface area contributed by atoms with E-state index in [1.807, 2.05) is 24.4 Å². The second-order valence-electron chi connectivity index (χ2n) is 7.38. The van der Waals surface area contributed by atoms with Crippen LogP contribution in [0.25, 0.3) is 22.2 Å². The van der Waals surface area contributed by atoms with Gasteiger partial charge in [0, 0.05) is 30.2 Å². The molecule has 2 aromatic heterocycles. The number of pyridine rings is 1. The lowest BCUT2D eigenvalue weighted by Crippen LogP contribution is -2.45. The van der Waals surface area contributed by atoms with E-state index in [0.29, 0.717) is 12.4 Å². The van der Waals surface area contributed by atoms with E-state index in [-0.39, 0.29) is 12.2 Å². The van der Waals surface area contributed by atoms with Crippen LogP contribution in [0.15, 0.2) is 36.5 Å². The van der Waals surface area contributed by atoms with Gasteiger partial charge in [-0.25, -0.2) is 9.97 Å². The minimum Gasteiger partial charge on any atom is -0.383 e. The summed E-state index contributed by atoms with van der Waals surface area (Å²) in [6.07, 6.45) is 2.24. The Labute approximate surface area is 159 Å². The highest BCUT2D eigenvalue weighted by Crippen LogP contribution is 2.27. The maximum Gasteiger partial charge on any atom is 0.145 e. The Morgan fingerprint density at radius 1 is 1.15 bits per heavy atom. The van der Waals surface area contributed by atoms with Crippen molar-refractivity contribution in [3.8, 4) is 11.3 Å². The fourth-order valence-electron chi connectivity index (χ4n) is 3.82. The van der Waals surface area contributed by atoms with Gasteiger partial charge in [0.05, 0.1) is 30.0 Å². The molecule has 0 bridgehead atoms. The molecule has 2 unspecified atom stereocenters. The second-order valence-corrected chi connectivity index (χ2v) is 7.38. The molecule has 6 nitrogen and oxygen atoms in total. The van der Waals surface area contributed by atoms with Gasteiger partial charge in [0.2, 0.25) is 0 Å². The normalized spacial score (nSPS) is 20.9. The number of nitrogen functional groups attached to an aromatic ring is 1. The molecule has 0 aliphatic carbocycles. The molecule has 0 radical (unpaired) electrons. The number of ether oxygens (including phenoxy) is 1. The number of rotatable bonds is 3.